The highest BCUT2D eigenvalue weighted by molar-refractivity contribution is 14.1. The molecule has 23 heavy (non-hydrogen) atoms. The highest BCUT2D eigenvalue weighted by Crippen LogP contribution is 2.18. The van der Waals surface area contributed by atoms with E-state index in [9.17, 15) is 4.79 Å². The van der Waals surface area contributed by atoms with Gasteiger partial charge in [-0.25, -0.2) is 4.98 Å². The zero-order valence-corrected chi connectivity index (χ0v) is 14.8. The molecule has 3 rings (SSSR count). The number of ether oxygens (including phenoxy) is 1. The third kappa shape index (κ3) is 3.82. The number of H-pyrrole nitrogens is 1. The quantitative estimate of drug-likeness (QED) is 0.623. The Bertz CT molecular complexity index is 827. The van der Waals surface area contributed by atoms with Gasteiger partial charge in [0.25, 0.3) is 5.91 Å². The topological polar surface area (TPSA) is 67.0 Å². The van der Waals surface area contributed by atoms with Crippen molar-refractivity contribution in [2.45, 2.75) is 6.42 Å². The van der Waals surface area contributed by atoms with Gasteiger partial charge in [0, 0.05) is 28.2 Å². The number of fused-ring (bicyclic) bond motifs is 1. The number of hydrogen-bond acceptors (Lipinski definition) is 3. The monoisotopic (exact) mass is 421 g/mol. The van der Waals surface area contributed by atoms with Gasteiger partial charge in [0.1, 0.15) is 11.6 Å². The van der Waals surface area contributed by atoms with E-state index in [0.717, 1.165) is 26.2 Å². The average molecular weight is 421 g/mol. The van der Waals surface area contributed by atoms with Gasteiger partial charge in [-0.1, -0.05) is 0 Å². The van der Waals surface area contributed by atoms with Gasteiger partial charge < -0.3 is 15.0 Å². The average Bonchev–Trinajstić information content (AvgIpc) is 2.97. The molecule has 6 heteroatoms. The van der Waals surface area contributed by atoms with Crippen LogP contribution >= 0.6 is 22.6 Å². The normalized spacial score (nSPS) is 10.7. The van der Waals surface area contributed by atoms with Gasteiger partial charge in [-0.05, 0) is 59.0 Å². The van der Waals surface area contributed by atoms with E-state index in [1.54, 1.807) is 7.11 Å². The van der Waals surface area contributed by atoms with Crippen molar-refractivity contribution in [3.63, 3.8) is 0 Å². The lowest BCUT2D eigenvalue weighted by Gasteiger charge is -2.04. The van der Waals surface area contributed by atoms with Crippen LogP contribution in [0.4, 0.5) is 0 Å². The fourth-order valence-electron chi connectivity index (χ4n) is 2.28. The van der Waals surface area contributed by atoms with Crippen LogP contribution in [0.5, 0.6) is 5.75 Å². The molecule has 0 bridgehead atoms. The molecule has 0 radical (unpaired) electrons. The van der Waals surface area contributed by atoms with Crippen molar-refractivity contribution >= 4 is 39.5 Å². The van der Waals surface area contributed by atoms with Gasteiger partial charge in [-0.3, -0.25) is 4.79 Å². The minimum Gasteiger partial charge on any atom is -0.497 e. The molecule has 2 N–H and O–H groups in total. The summed E-state index contributed by atoms with van der Waals surface area (Å²) < 4.78 is 6.30. The number of nitrogens with zero attached hydrogens (tertiary/aromatic N) is 1. The summed E-state index contributed by atoms with van der Waals surface area (Å²) in [7, 11) is 1.64. The lowest BCUT2D eigenvalue weighted by Crippen LogP contribution is -2.25. The number of amides is 1. The van der Waals surface area contributed by atoms with Gasteiger partial charge >= 0.3 is 0 Å². The number of hydrogen-bond donors (Lipinski definition) is 2. The molecule has 0 atom stereocenters. The van der Waals surface area contributed by atoms with E-state index in [-0.39, 0.29) is 5.91 Å². The van der Waals surface area contributed by atoms with Crippen molar-refractivity contribution in [1.29, 1.82) is 0 Å². The Morgan fingerprint density at radius 2 is 2.04 bits per heavy atom. The highest BCUT2D eigenvalue weighted by atomic mass is 127. The molecule has 0 spiro atoms. The minimum atomic E-state index is -0.0702. The third-order valence-corrected chi connectivity index (χ3v) is 4.21. The summed E-state index contributed by atoms with van der Waals surface area (Å²) in [4.78, 5) is 19.8. The molecular weight excluding hydrogens is 405 g/mol. The van der Waals surface area contributed by atoms with Crippen LogP contribution in [0.3, 0.4) is 0 Å². The molecular formula is C17H16IN3O2. The lowest BCUT2D eigenvalue weighted by molar-refractivity contribution is 0.0954. The molecule has 0 unspecified atom stereocenters. The smallest absolute Gasteiger partial charge is 0.251 e. The van der Waals surface area contributed by atoms with Crippen molar-refractivity contribution in [2.24, 2.45) is 0 Å². The Kier molecular flexibility index (Phi) is 4.80. The molecule has 2 aromatic carbocycles. The molecule has 0 saturated heterocycles. The Labute approximate surface area is 147 Å². The number of nitrogens with one attached hydrogen (secondary N) is 2. The summed E-state index contributed by atoms with van der Waals surface area (Å²) in [5, 5.41) is 2.91. The second kappa shape index (κ2) is 6.99. The fourth-order valence-corrected chi connectivity index (χ4v) is 2.64. The molecule has 5 nitrogen and oxygen atoms in total. The number of carbonyl (C=O) groups is 1. The molecule has 3 aromatic rings. The van der Waals surface area contributed by atoms with Crippen molar-refractivity contribution in [1.82, 2.24) is 15.3 Å². The van der Waals surface area contributed by atoms with E-state index in [1.807, 2.05) is 42.5 Å². The van der Waals surface area contributed by atoms with E-state index < -0.39 is 0 Å². The first kappa shape index (κ1) is 15.8. The van der Waals surface area contributed by atoms with E-state index in [4.69, 9.17) is 4.74 Å². The summed E-state index contributed by atoms with van der Waals surface area (Å²) in [5.41, 5.74) is 2.49. The number of aromatic amines is 1. The van der Waals surface area contributed by atoms with E-state index in [2.05, 4.69) is 37.9 Å². The molecule has 0 fully saturated rings. The Morgan fingerprint density at radius 3 is 2.78 bits per heavy atom. The first-order valence-corrected chi connectivity index (χ1v) is 8.30. The van der Waals surface area contributed by atoms with Crippen molar-refractivity contribution < 1.29 is 9.53 Å². The second-order valence-electron chi connectivity index (χ2n) is 5.08. The molecule has 0 aliphatic rings. The Balaban J connectivity index is 1.60. The molecule has 118 valence electrons. The largest absolute Gasteiger partial charge is 0.497 e. The number of halogens is 1. The van der Waals surface area contributed by atoms with Crippen LogP contribution in [0.15, 0.2) is 42.5 Å². The van der Waals surface area contributed by atoms with Crippen LogP contribution in [0.1, 0.15) is 16.2 Å². The summed E-state index contributed by atoms with van der Waals surface area (Å²) in [6.45, 7) is 0.530. The zero-order valence-electron chi connectivity index (χ0n) is 12.6. The molecule has 1 amide bonds. The van der Waals surface area contributed by atoms with Crippen LogP contribution in [-0.2, 0) is 6.42 Å². The van der Waals surface area contributed by atoms with Gasteiger partial charge in [-0.15, -0.1) is 0 Å². The predicted molar refractivity (Wildman–Crippen MR) is 97.8 cm³/mol. The summed E-state index contributed by atoms with van der Waals surface area (Å²) in [6, 6.07) is 13.2. The summed E-state index contributed by atoms with van der Waals surface area (Å²) in [6.07, 6.45) is 0.646. The number of methoxy groups -OCH3 is 1. The molecule has 0 aliphatic carbocycles. The zero-order chi connectivity index (χ0) is 16.2. The van der Waals surface area contributed by atoms with Crippen LogP contribution in [0, 0.1) is 3.57 Å². The third-order valence-electron chi connectivity index (χ3n) is 3.49. The number of aromatic nitrogens is 2. The molecule has 0 saturated carbocycles. The maximum Gasteiger partial charge on any atom is 0.251 e. The van der Waals surface area contributed by atoms with Crippen LogP contribution in [0.2, 0.25) is 0 Å². The SMILES string of the molecule is COc1ccc2nc(CCNC(=O)c3ccc(I)cc3)[nH]c2c1. The van der Waals surface area contributed by atoms with Crippen LogP contribution < -0.4 is 10.1 Å². The second-order valence-corrected chi connectivity index (χ2v) is 6.33. The standard InChI is InChI=1S/C17H16IN3O2/c1-23-13-6-7-14-15(10-13)21-16(20-14)8-9-19-17(22)11-2-4-12(18)5-3-11/h2-7,10H,8-9H2,1H3,(H,19,22)(H,20,21). The van der Waals surface area contributed by atoms with E-state index in [1.165, 1.54) is 0 Å². The van der Waals surface area contributed by atoms with Crippen molar-refractivity contribution in [3.05, 3.63) is 57.4 Å². The van der Waals surface area contributed by atoms with E-state index >= 15 is 0 Å². The molecule has 1 aromatic heterocycles. The van der Waals surface area contributed by atoms with Crippen molar-refractivity contribution in [2.75, 3.05) is 13.7 Å². The van der Waals surface area contributed by atoms with E-state index in [0.29, 0.717) is 18.5 Å². The highest BCUT2D eigenvalue weighted by Gasteiger charge is 2.07. The maximum absolute atomic E-state index is 12.0. The van der Waals surface area contributed by atoms with Gasteiger partial charge in [0.05, 0.1) is 18.1 Å². The van der Waals surface area contributed by atoms with Crippen molar-refractivity contribution in [3.8, 4) is 5.75 Å². The summed E-state index contributed by atoms with van der Waals surface area (Å²) in [5.74, 6) is 1.56. The van der Waals surface area contributed by atoms with Gasteiger partial charge in [0.15, 0.2) is 0 Å². The van der Waals surface area contributed by atoms with Gasteiger partial charge in [0.2, 0.25) is 0 Å². The maximum atomic E-state index is 12.0. The predicted octanol–water partition coefficient (Wildman–Crippen LogP) is 3.15. The van der Waals surface area contributed by atoms with Crippen LogP contribution in [0.25, 0.3) is 11.0 Å². The first-order chi connectivity index (χ1) is 11.2. The number of benzene rings is 2. The lowest BCUT2D eigenvalue weighted by atomic mass is 10.2. The first-order valence-electron chi connectivity index (χ1n) is 7.22. The Hall–Kier alpha value is -2.09. The van der Waals surface area contributed by atoms with Crippen LogP contribution in [-0.4, -0.2) is 29.5 Å². The number of carbonyl (C=O) groups excluding carboxylic acids is 1. The molecule has 0 aliphatic heterocycles. The summed E-state index contributed by atoms with van der Waals surface area (Å²) >= 11 is 2.21. The molecule has 1 heterocycles. The number of rotatable bonds is 5. The fraction of sp³-hybridized carbons (Fsp3) is 0.176. The number of imidazole rings is 1. The Morgan fingerprint density at radius 1 is 1.26 bits per heavy atom. The van der Waals surface area contributed by atoms with Gasteiger partial charge in [-0.2, -0.15) is 0 Å². The minimum absolute atomic E-state index is 0.0702.